The fraction of sp³-hybridized carbons (Fsp3) is 0.355. The molecule has 3 aromatic carbocycles. The van der Waals surface area contributed by atoms with Gasteiger partial charge in [0.15, 0.2) is 0 Å². The molecule has 3 aromatic rings. The first-order chi connectivity index (χ1) is 19.0. The molecule has 204 valence electrons. The van der Waals surface area contributed by atoms with Gasteiger partial charge in [0.1, 0.15) is 17.2 Å². The standard InChI is InChI=1S/C31H35N3O5/c1-37-24-12-8-22(9-13-24)30-26(16-17-29(35)34(30)23-10-14-25(38-2)15-11-23)31(36)33-20-18-32(19-21-33)27-6-4-5-7-28(27)39-3/h4-15,26,30H,16-21H2,1-3H3/t26-,30-/m0/s1. The maximum atomic E-state index is 14.1. The molecule has 2 saturated heterocycles. The molecule has 2 amide bonds. The topological polar surface area (TPSA) is 71.6 Å². The van der Waals surface area contributed by atoms with E-state index in [9.17, 15) is 9.59 Å². The molecular formula is C31H35N3O5. The van der Waals surface area contributed by atoms with Crippen molar-refractivity contribution in [3.63, 3.8) is 0 Å². The average Bonchev–Trinajstić information content (AvgIpc) is 3.00. The van der Waals surface area contributed by atoms with Crippen LogP contribution >= 0.6 is 0 Å². The number of amides is 2. The van der Waals surface area contributed by atoms with Crippen LogP contribution in [0.3, 0.4) is 0 Å². The summed E-state index contributed by atoms with van der Waals surface area (Å²) in [5.74, 6) is 2.00. The molecule has 8 nitrogen and oxygen atoms in total. The Morgan fingerprint density at radius 3 is 2.00 bits per heavy atom. The number of piperidine rings is 1. The number of hydrogen-bond acceptors (Lipinski definition) is 6. The van der Waals surface area contributed by atoms with Crippen molar-refractivity contribution >= 4 is 23.2 Å². The van der Waals surface area contributed by atoms with Crippen LogP contribution in [-0.2, 0) is 9.59 Å². The number of nitrogens with zero attached hydrogens (tertiary/aromatic N) is 3. The number of carbonyl (C=O) groups is 2. The lowest BCUT2D eigenvalue weighted by atomic mass is 9.82. The van der Waals surface area contributed by atoms with Crippen molar-refractivity contribution in [2.45, 2.75) is 18.9 Å². The lowest BCUT2D eigenvalue weighted by molar-refractivity contribution is -0.138. The minimum atomic E-state index is -0.426. The van der Waals surface area contributed by atoms with E-state index in [1.54, 1.807) is 26.2 Å². The van der Waals surface area contributed by atoms with Gasteiger partial charge in [-0.3, -0.25) is 9.59 Å². The highest BCUT2D eigenvalue weighted by Crippen LogP contribution is 2.42. The number of carbonyl (C=O) groups excluding carboxylic acids is 2. The van der Waals surface area contributed by atoms with Crippen molar-refractivity contribution in [2.75, 3.05) is 57.3 Å². The van der Waals surface area contributed by atoms with Gasteiger partial charge < -0.3 is 28.9 Å². The molecule has 2 aliphatic rings. The Hall–Kier alpha value is -4.20. The SMILES string of the molecule is COc1ccc([C@H]2[C@@H](C(=O)N3CCN(c4ccccc4OC)CC3)CCC(=O)N2c2ccc(OC)cc2)cc1. The molecule has 0 spiro atoms. The summed E-state index contributed by atoms with van der Waals surface area (Å²) in [6.45, 7) is 2.65. The Kier molecular flexibility index (Phi) is 7.91. The number of methoxy groups -OCH3 is 3. The zero-order valence-electron chi connectivity index (χ0n) is 22.7. The maximum Gasteiger partial charge on any atom is 0.228 e. The second kappa shape index (κ2) is 11.7. The van der Waals surface area contributed by atoms with E-state index in [1.165, 1.54) is 0 Å². The normalized spacial score (nSPS) is 19.6. The zero-order valence-corrected chi connectivity index (χ0v) is 22.7. The Morgan fingerprint density at radius 2 is 1.38 bits per heavy atom. The van der Waals surface area contributed by atoms with Crippen LogP contribution in [0.25, 0.3) is 0 Å². The highest BCUT2D eigenvalue weighted by Gasteiger charge is 2.43. The van der Waals surface area contributed by atoms with Crippen LogP contribution in [0.4, 0.5) is 11.4 Å². The summed E-state index contributed by atoms with van der Waals surface area (Å²) in [5, 5.41) is 0. The van der Waals surface area contributed by atoms with E-state index in [0.717, 1.165) is 28.4 Å². The van der Waals surface area contributed by atoms with Crippen LogP contribution in [0.15, 0.2) is 72.8 Å². The van der Waals surface area contributed by atoms with E-state index in [-0.39, 0.29) is 17.7 Å². The van der Waals surface area contributed by atoms with Gasteiger partial charge in [0.2, 0.25) is 11.8 Å². The molecule has 8 heteroatoms. The molecule has 0 aromatic heterocycles. The highest BCUT2D eigenvalue weighted by molar-refractivity contribution is 5.97. The van der Waals surface area contributed by atoms with Gasteiger partial charge in [0.05, 0.1) is 39.0 Å². The van der Waals surface area contributed by atoms with Crippen molar-refractivity contribution in [1.82, 2.24) is 4.90 Å². The van der Waals surface area contributed by atoms with Gasteiger partial charge in [-0.15, -0.1) is 0 Å². The number of anilines is 2. The van der Waals surface area contributed by atoms with Crippen LogP contribution in [0.1, 0.15) is 24.4 Å². The summed E-state index contributed by atoms with van der Waals surface area (Å²) in [5.41, 5.74) is 2.70. The summed E-state index contributed by atoms with van der Waals surface area (Å²) < 4.78 is 16.2. The average molecular weight is 530 g/mol. The Labute approximate surface area is 229 Å². The fourth-order valence-corrected chi connectivity index (χ4v) is 5.67. The summed E-state index contributed by atoms with van der Waals surface area (Å²) in [7, 11) is 4.92. The Morgan fingerprint density at radius 1 is 0.769 bits per heavy atom. The second-order valence-corrected chi connectivity index (χ2v) is 9.81. The minimum Gasteiger partial charge on any atom is -0.497 e. The molecule has 0 radical (unpaired) electrons. The van der Waals surface area contributed by atoms with E-state index < -0.39 is 6.04 Å². The van der Waals surface area contributed by atoms with E-state index in [1.807, 2.05) is 71.6 Å². The molecule has 2 heterocycles. The quantitative estimate of drug-likeness (QED) is 0.447. The maximum absolute atomic E-state index is 14.1. The first-order valence-electron chi connectivity index (χ1n) is 13.3. The van der Waals surface area contributed by atoms with Crippen molar-refractivity contribution in [3.05, 3.63) is 78.4 Å². The molecule has 0 unspecified atom stereocenters. The van der Waals surface area contributed by atoms with Crippen LogP contribution in [0.2, 0.25) is 0 Å². The first-order valence-corrected chi connectivity index (χ1v) is 13.3. The van der Waals surface area contributed by atoms with E-state index in [0.29, 0.717) is 44.8 Å². The van der Waals surface area contributed by atoms with Gasteiger partial charge >= 0.3 is 0 Å². The van der Waals surface area contributed by atoms with Crippen LogP contribution in [0, 0.1) is 5.92 Å². The van der Waals surface area contributed by atoms with Crippen molar-refractivity contribution in [3.8, 4) is 17.2 Å². The lowest BCUT2D eigenvalue weighted by Gasteiger charge is -2.44. The Bertz CT molecular complexity index is 1290. The minimum absolute atomic E-state index is 0.00558. The lowest BCUT2D eigenvalue weighted by Crippen LogP contribution is -2.54. The molecule has 0 aliphatic carbocycles. The van der Waals surface area contributed by atoms with Crippen LogP contribution in [0.5, 0.6) is 17.2 Å². The number of benzene rings is 3. The largest absolute Gasteiger partial charge is 0.497 e. The summed E-state index contributed by atoms with van der Waals surface area (Å²) in [6.07, 6.45) is 0.823. The highest BCUT2D eigenvalue weighted by atomic mass is 16.5. The summed E-state index contributed by atoms with van der Waals surface area (Å²) >= 11 is 0. The van der Waals surface area contributed by atoms with Crippen molar-refractivity contribution < 1.29 is 23.8 Å². The third kappa shape index (κ3) is 5.37. The number of hydrogen-bond donors (Lipinski definition) is 0. The van der Waals surface area contributed by atoms with Gasteiger partial charge in [0.25, 0.3) is 0 Å². The zero-order chi connectivity index (χ0) is 27.4. The van der Waals surface area contributed by atoms with Crippen molar-refractivity contribution in [2.24, 2.45) is 5.92 Å². The number of para-hydroxylation sites is 2. The second-order valence-electron chi connectivity index (χ2n) is 9.81. The van der Waals surface area contributed by atoms with Crippen molar-refractivity contribution in [1.29, 1.82) is 0 Å². The molecule has 2 fully saturated rings. The molecule has 0 bridgehead atoms. The molecule has 5 rings (SSSR count). The smallest absolute Gasteiger partial charge is 0.228 e. The molecular weight excluding hydrogens is 494 g/mol. The predicted molar refractivity (Wildman–Crippen MR) is 151 cm³/mol. The van der Waals surface area contributed by atoms with Crippen LogP contribution < -0.4 is 24.0 Å². The Balaban J connectivity index is 1.42. The summed E-state index contributed by atoms with van der Waals surface area (Å²) in [4.78, 5) is 33.5. The first kappa shape index (κ1) is 26.4. The van der Waals surface area contributed by atoms with Crippen LogP contribution in [-0.4, -0.2) is 64.2 Å². The number of piperazine rings is 1. The van der Waals surface area contributed by atoms with Gasteiger partial charge in [0, 0.05) is 38.3 Å². The molecule has 0 N–H and O–H groups in total. The number of ether oxygens (including phenoxy) is 3. The van der Waals surface area contributed by atoms with Gasteiger partial charge in [-0.25, -0.2) is 0 Å². The van der Waals surface area contributed by atoms with E-state index in [4.69, 9.17) is 14.2 Å². The fourth-order valence-electron chi connectivity index (χ4n) is 5.67. The molecule has 0 saturated carbocycles. The van der Waals surface area contributed by atoms with Gasteiger partial charge in [-0.05, 0) is 60.5 Å². The van der Waals surface area contributed by atoms with E-state index >= 15 is 0 Å². The van der Waals surface area contributed by atoms with Gasteiger partial charge in [-0.1, -0.05) is 24.3 Å². The third-order valence-corrected chi connectivity index (χ3v) is 7.74. The summed E-state index contributed by atoms with van der Waals surface area (Å²) in [6, 6.07) is 22.7. The monoisotopic (exact) mass is 529 g/mol. The molecule has 2 aliphatic heterocycles. The predicted octanol–water partition coefficient (Wildman–Crippen LogP) is 4.55. The molecule has 39 heavy (non-hydrogen) atoms. The molecule has 2 atom stereocenters. The van der Waals surface area contributed by atoms with Gasteiger partial charge in [-0.2, -0.15) is 0 Å². The number of rotatable bonds is 7. The van der Waals surface area contributed by atoms with E-state index in [2.05, 4.69) is 11.0 Å². The third-order valence-electron chi connectivity index (χ3n) is 7.74.